The van der Waals surface area contributed by atoms with E-state index in [1.807, 2.05) is 0 Å². The van der Waals surface area contributed by atoms with E-state index in [0.29, 0.717) is 0 Å². The van der Waals surface area contributed by atoms with Crippen LogP contribution in [0.1, 0.15) is 0 Å². The highest BCUT2D eigenvalue weighted by atomic mass is 16.7. The minimum absolute atomic E-state index is 0.0309. The SMILES string of the molecule is COc1c(OC)c(OC2OC(COC3OCC(O)C(O)C3O)C(O)C(O)C2O)c2c(=O)c3cc(O)cc(OC)c3oc2c1OC. The van der Waals surface area contributed by atoms with Crippen molar-refractivity contribution in [3.05, 3.63) is 22.4 Å². The Labute approximate surface area is 254 Å². The first-order valence-electron chi connectivity index (χ1n) is 13.6. The van der Waals surface area contributed by atoms with Crippen molar-refractivity contribution in [2.75, 3.05) is 41.7 Å². The molecule has 0 aliphatic carbocycles. The largest absolute Gasteiger partial charge is 0.508 e. The van der Waals surface area contributed by atoms with Crippen LogP contribution in [0.15, 0.2) is 21.3 Å². The van der Waals surface area contributed by atoms with Gasteiger partial charge in [-0.2, -0.15) is 0 Å². The Morgan fingerprint density at radius 3 is 2.04 bits per heavy atom. The lowest BCUT2D eigenvalue weighted by atomic mass is 9.99. The fourth-order valence-corrected chi connectivity index (χ4v) is 5.25. The minimum Gasteiger partial charge on any atom is -0.508 e. The van der Waals surface area contributed by atoms with Crippen molar-refractivity contribution in [3.8, 4) is 34.5 Å². The van der Waals surface area contributed by atoms with Crippen molar-refractivity contribution < 1.29 is 78.1 Å². The summed E-state index contributed by atoms with van der Waals surface area (Å²) in [6.07, 6.45) is -14.7. The number of phenols is 1. The zero-order valence-corrected chi connectivity index (χ0v) is 24.5. The molecule has 1 aromatic heterocycles. The van der Waals surface area contributed by atoms with Crippen molar-refractivity contribution in [1.29, 1.82) is 0 Å². The molecule has 9 atom stereocenters. The third kappa shape index (κ3) is 5.66. The molecule has 0 amide bonds. The summed E-state index contributed by atoms with van der Waals surface area (Å²) < 4.78 is 50.2. The zero-order valence-electron chi connectivity index (χ0n) is 24.5. The van der Waals surface area contributed by atoms with Gasteiger partial charge >= 0.3 is 0 Å². The molecule has 17 nitrogen and oxygen atoms in total. The summed E-state index contributed by atoms with van der Waals surface area (Å²) in [4.78, 5) is 14.0. The molecule has 2 aliphatic heterocycles. The number of aromatic hydroxyl groups is 1. The van der Waals surface area contributed by atoms with Gasteiger partial charge in [-0.1, -0.05) is 0 Å². The molecule has 0 saturated carbocycles. The zero-order chi connectivity index (χ0) is 32.7. The van der Waals surface area contributed by atoms with E-state index in [1.54, 1.807) is 0 Å². The number of fused-ring (bicyclic) bond motifs is 2. The summed E-state index contributed by atoms with van der Waals surface area (Å²) in [6.45, 7) is -0.901. The highest BCUT2D eigenvalue weighted by Crippen LogP contribution is 2.51. The van der Waals surface area contributed by atoms with Gasteiger partial charge in [0.2, 0.25) is 29.0 Å². The monoisotopic (exact) mass is 642 g/mol. The molecule has 0 bridgehead atoms. The van der Waals surface area contributed by atoms with E-state index in [4.69, 9.17) is 42.3 Å². The Kier molecular flexibility index (Phi) is 9.45. The molecule has 2 aromatic carbocycles. The van der Waals surface area contributed by atoms with Gasteiger partial charge in [-0.25, -0.2) is 0 Å². The fourth-order valence-electron chi connectivity index (χ4n) is 5.25. The van der Waals surface area contributed by atoms with Gasteiger partial charge in [0.25, 0.3) is 0 Å². The number of hydrogen-bond donors (Lipinski definition) is 7. The number of benzene rings is 2. The van der Waals surface area contributed by atoms with Gasteiger partial charge in [-0.05, 0) is 6.07 Å². The third-order valence-electron chi connectivity index (χ3n) is 7.61. The Morgan fingerprint density at radius 1 is 0.756 bits per heavy atom. The number of methoxy groups -OCH3 is 4. The molecule has 45 heavy (non-hydrogen) atoms. The Hall–Kier alpha value is -3.65. The average molecular weight is 643 g/mol. The number of ether oxygens (including phenoxy) is 8. The number of aliphatic hydroxyl groups excluding tert-OH is 6. The lowest BCUT2D eigenvalue weighted by Crippen LogP contribution is -2.61. The Morgan fingerprint density at radius 2 is 1.40 bits per heavy atom. The van der Waals surface area contributed by atoms with Crippen LogP contribution in [0, 0.1) is 0 Å². The van der Waals surface area contributed by atoms with E-state index < -0.39 is 67.3 Å². The smallest absolute Gasteiger partial charge is 0.229 e. The summed E-state index contributed by atoms with van der Waals surface area (Å²) in [5, 5.41) is 71.7. The van der Waals surface area contributed by atoms with Gasteiger partial charge in [0.1, 0.15) is 53.9 Å². The molecular weight excluding hydrogens is 608 g/mol. The van der Waals surface area contributed by atoms with Gasteiger partial charge in [0.15, 0.2) is 29.0 Å². The van der Waals surface area contributed by atoms with Gasteiger partial charge in [-0.15, -0.1) is 0 Å². The van der Waals surface area contributed by atoms with Crippen molar-refractivity contribution in [2.45, 2.75) is 55.3 Å². The van der Waals surface area contributed by atoms with Crippen LogP contribution in [-0.4, -0.2) is 133 Å². The quantitative estimate of drug-likeness (QED) is 0.129. The fraction of sp³-hybridized carbons (Fsp3) is 0.536. The molecule has 9 unspecified atom stereocenters. The van der Waals surface area contributed by atoms with Crippen molar-refractivity contribution in [1.82, 2.24) is 0 Å². The van der Waals surface area contributed by atoms with Crippen LogP contribution in [0.2, 0.25) is 0 Å². The second kappa shape index (κ2) is 13.0. The number of phenolic OH excluding ortho intramolecular Hbond substituents is 1. The second-order valence-corrected chi connectivity index (χ2v) is 10.3. The molecule has 3 heterocycles. The minimum atomic E-state index is -1.89. The Balaban J connectivity index is 1.58. The van der Waals surface area contributed by atoms with E-state index in [1.165, 1.54) is 34.5 Å². The first-order chi connectivity index (χ1) is 21.5. The molecule has 5 rings (SSSR count). The number of hydrogen-bond acceptors (Lipinski definition) is 17. The molecule has 17 heteroatoms. The maximum Gasteiger partial charge on any atom is 0.229 e. The van der Waals surface area contributed by atoms with Crippen LogP contribution in [-0.2, 0) is 14.2 Å². The summed E-state index contributed by atoms with van der Waals surface area (Å²) in [5.41, 5.74) is -0.982. The predicted molar refractivity (Wildman–Crippen MR) is 149 cm³/mol. The van der Waals surface area contributed by atoms with Gasteiger partial charge in [-0.3, -0.25) is 4.79 Å². The highest BCUT2D eigenvalue weighted by Gasteiger charge is 2.47. The van der Waals surface area contributed by atoms with E-state index >= 15 is 0 Å². The van der Waals surface area contributed by atoms with E-state index in [9.17, 15) is 40.5 Å². The molecule has 0 radical (unpaired) electrons. The molecule has 7 N–H and O–H groups in total. The second-order valence-electron chi connectivity index (χ2n) is 10.3. The van der Waals surface area contributed by atoms with Gasteiger partial charge in [0.05, 0.1) is 47.0 Å². The van der Waals surface area contributed by atoms with Crippen LogP contribution < -0.4 is 29.1 Å². The molecule has 2 fully saturated rings. The predicted octanol–water partition coefficient (Wildman–Crippen LogP) is -1.67. The van der Waals surface area contributed by atoms with Gasteiger partial charge in [0, 0.05) is 6.07 Å². The topological polar surface area (TPSA) is 246 Å². The van der Waals surface area contributed by atoms with Crippen molar-refractivity contribution >= 4 is 21.9 Å². The van der Waals surface area contributed by atoms with Crippen LogP contribution in [0.25, 0.3) is 21.9 Å². The van der Waals surface area contributed by atoms with E-state index in [2.05, 4.69) is 0 Å². The summed E-state index contributed by atoms with van der Waals surface area (Å²) >= 11 is 0. The summed E-state index contributed by atoms with van der Waals surface area (Å²) in [6, 6.07) is 2.39. The lowest BCUT2D eigenvalue weighted by molar-refractivity contribution is -0.307. The van der Waals surface area contributed by atoms with Crippen LogP contribution in [0.5, 0.6) is 34.5 Å². The first-order valence-corrected chi connectivity index (χ1v) is 13.6. The van der Waals surface area contributed by atoms with E-state index in [-0.39, 0.29) is 63.0 Å². The van der Waals surface area contributed by atoms with Crippen LogP contribution >= 0.6 is 0 Å². The third-order valence-corrected chi connectivity index (χ3v) is 7.61. The highest BCUT2D eigenvalue weighted by molar-refractivity contribution is 6.01. The molecule has 248 valence electrons. The lowest BCUT2D eigenvalue weighted by Gasteiger charge is -2.41. The first kappa shape index (κ1) is 32.7. The summed E-state index contributed by atoms with van der Waals surface area (Å²) in [5.74, 6) is -1.01. The van der Waals surface area contributed by atoms with Crippen molar-refractivity contribution in [2.24, 2.45) is 0 Å². The normalized spacial score (nSPS) is 30.3. The average Bonchev–Trinajstić information content (AvgIpc) is 3.03. The summed E-state index contributed by atoms with van der Waals surface area (Å²) in [7, 11) is 5.12. The molecule has 2 aliphatic rings. The Bertz CT molecular complexity index is 1590. The standard InChI is InChI=1S/C28H34O17/c1-37-12-6-9(29)5-10-15(31)14-22(44-21(10)12)24(38-2)26(40-4)25(39-3)23(14)45-28-20(36)18(34)17(33)13(43-28)8-42-27-19(35)16(32)11(30)7-41-27/h5-6,11,13,16-20,27-30,32-36H,7-8H2,1-4H3. The molecule has 2 saturated heterocycles. The number of rotatable bonds is 9. The maximum atomic E-state index is 14.0. The van der Waals surface area contributed by atoms with E-state index in [0.717, 1.165) is 6.07 Å². The van der Waals surface area contributed by atoms with Gasteiger partial charge < -0.3 is 78.1 Å². The number of aliphatic hydroxyl groups is 6. The van der Waals surface area contributed by atoms with Crippen molar-refractivity contribution in [3.63, 3.8) is 0 Å². The molecule has 0 spiro atoms. The molecule has 3 aromatic rings. The van der Waals surface area contributed by atoms with Crippen LogP contribution in [0.4, 0.5) is 0 Å². The maximum absolute atomic E-state index is 14.0. The molecular formula is C28H34O17. The van der Waals surface area contributed by atoms with Crippen LogP contribution in [0.3, 0.4) is 0 Å².